The zero-order chi connectivity index (χ0) is 10.8. The summed E-state index contributed by atoms with van der Waals surface area (Å²) in [4.78, 5) is 26.6. The summed E-state index contributed by atoms with van der Waals surface area (Å²) in [6.07, 6.45) is 5.50. The van der Waals surface area contributed by atoms with Crippen LogP contribution in [0.4, 0.5) is 0 Å². The van der Waals surface area contributed by atoms with E-state index in [2.05, 4.69) is 30.0 Å². The molecule has 0 saturated carbocycles. The summed E-state index contributed by atoms with van der Waals surface area (Å²) < 4.78 is 0. The molecule has 0 atom stereocenters. The number of amides is 2. The van der Waals surface area contributed by atoms with Crippen LogP contribution in [0, 0.1) is 20.0 Å². The van der Waals surface area contributed by atoms with Crippen molar-refractivity contribution in [1.82, 2.24) is 15.3 Å². The van der Waals surface area contributed by atoms with E-state index in [1.807, 2.05) is 0 Å². The van der Waals surface area contributed by atoms with Gasteiger partial charge in [0.1, 0.15) is 0 Å². The Labute approximate surface area is 134 Å². The van der Waals surface area contributed by atoms with Crippen LogP contribution in [0.25, 0.3) is 0 Å². The molecule has 0 aliphatic carbocycles. The third-order valence-electron chi connectivity index (χ3n) is 0.984. The van der Waals surface area contributed by atoms with Crippen LogP contribution in [-0.2, 0) is 63.4 Å². The molecule has 0 fully saturated rings. The van der Waals surface area contributed by atoms with Crippen LogP contribution in [0.15, 0.2) is 12.3 Å². The van der Waals surface area contributed by atoms with E-state index in [0.29, 0.717) is 5.82 Å². The number of carbonyl (C=O) groups is 1. The first-order chi connectivity index (χ1) is 6.70. The Balaban J connectivity index is -0.000000188. The third kappa shape index (κ3) is 13.9. The Hall–Kier alpha value is -0.118. The van der Waals surface area contributed by atoms with Crippen molar-refractivity contribution in [2.75, 3.05) is 0 Å². The number of rotatable bonds is 2. The summed E-state index contributed by atoms with van der Waals surface area (Å²) in [6.45, 7) is 6.68. The fourth-order valence-corrected chi connectivity index (χ4v) is 0.417. The molecular weight excluding hydrogens is 455 g/mol. The van der Waals surface area contributed by atoms with Crippen LogP contribution in [-0.4, -0.2) is 22.3 Å². The largest absolute Gasteiger partial charge is 0.464 e. The van der Waals surface area contributed by atoms with Crippen molar-refractivity contribution < 1.29 is 63.4 Å². The number of carbonyl (C=O) groups excluding carboxylic acids is 2. The van der Waals surface area contributed by atoms with Crippen molar-refractivity contribution in [2.24, 2.45) is 0 Å². The molecule has 1 rings (SSSR count). The molecule has 0 aliphatic heterocycles. The van der Waals surface area contributed by atoms with Crippen LogP contribution in [0.1, 0.15) is 12.2 Å². The van der Waals surface area contributed by atoms with Crippen LogP contribution >= 0.6 is 0 Å². The van der Waals surface area contributed by atoms with Gasteiger partial charge in [-0.15, -0.1) is 11.9 Å². The van der Waals surface area contributed by atoms with E-state index in [0.717, 1.165) is 0 Å². The van der Waals surface area contributed by atoms with Crippen LogP contribution in [0.5, 0.6) is 0 Å². The van der Waals surface area contributed by atoms with Crippen molar-refractivity contribution >= 4 is 12.3 Å². The molecule has 1 heterocycles. The van der Waals surface area contributed by atoms with Gasteiger partial charge in [-0.05, 0) is 0 Å². The number of nitrogens with one attached hydrogen (secondary N) is 1. The van der Waals surface area contributed by atoms with Gasteiger partial charge < -0.3 is 38.7 Å². The number of hydrogen-bond donors (Lipinski definition) is 1. The van der Waals surface area contributed by atoms with Gasteiger partial charge in [-0.2, -0.15) is 6.42 Å². The Morgan fingerprint density at radius 3 is 2.44 bits per heavy atom. The maximum absolute atomic E-state index is 9.98. The average Bonchev–Trinajstić information content (AvgIpc) is 2.20. The summed E-state index contributed by atoms with van der Waals surface area (Å²) in [7, 11) is 0. The van der Waals surface area contributed by atoms with Crippen LogP contribution in [0.3, 0.4) is 0 Å². The molecular formula is C9H9N3O2WY-4. The Morgan fingerprint density at radius 1 is 1.62 bits per heavy atom. The standard InChI is InChI=1S/C5H4N2.C4H5NO2.W.Y/c1-5-6-3-2-4-7-5;1-2-4(7)5-3-6;;/h2-3H,1H2;1-2H2,(H,5,6,7);;/q2*-2;;. The van der Waals surface area contributed by atoms with Gasteiger partial charge in [0.15, 0.2) is 0 Å². The molecule has 0 bridgehead atoms. The van der Waals surface area contributed by atoms with Gasteiger partial charge in [-0.3, -0.25) is 0 Å². The normalized spacial score (nSPS) is 7.06. The monoisotopic (exact) mass is 464 g/mol. The summed E-state index contributed by atoms with van der Waals surface area (Å²) in [5, 5.41) is 1.79. The van der Waals surface area contributed by atoms with E-state index in [-0.39, 0.29) is 60.2 Å². The van der Waals surface area contributed by atoms with Gasteiger partial charge in [-0.25, -0.2) is 0 Å². The van der Waals surface area contributed by atoms with Crippen molar-refractivity contribution in [2.45, 2.75) is 6.42 Å². The summed E-state index contributed by atoms with van der Waals surface area (Å²) >= 11 is 0. The molecule has 1 aromatic rings. The van der Waals surface area contributed by atoms with Crippen LogP contribution < -0.4 is 5.32 Å². The van der Waals surface area contributed by atoms with Gasteiger partial charge in [0.05, 0.1) is 6.41 Å². The second kappa shape index (κ2) is 14.9. The van der Waals surface area contributed by atoms with Gasteiger partial charge >= 0.3 is 0 Å². The van der Waals surface area contributed by atoms with Gasteiger partial charge in [-0.1, -0.05) is 12.4 Å². The smallest absolute Gasteiger partial charge is 0.0713 e. The van der Waals surface area contributed by atoms with E-state index in [1.54, 1.807) is 17.6 Å². The molecule has 2 amide bonds. The summed E-state index contributed by atoms with van der Waals surface area (Å²) in [5.41, 5.74) is 0. The Bertz CT molecular complexity index is 285. The topological polar surface area (TPSA) is 72.0 Å². The van der Waals surface area contributed by atoms with Gasteiger partial charge in [0, 0.05) is 59.7 Å². The van der Waals surface area contributed by atoms with Crippen LogP contribution in [0.2, 0.25) is 0 Å². The minimum Gasteiger partial charge on any atom is -0.464 e. The van der Waals surface area contributed by atoms with E-state index in [9.17, 15) is 9.59 Å². The molecule has 1 radical (unpaired) electrons. The summed E-state index contributed by atoms with van der Waals surface area (Å²) in [5.74, 6) is 0.109. The van der Waals surface area contributed by atoms with E-state index < -0.39 is 5.91 Å². The van der Waals surface area contributed by atoms with E-state index >= 15 is 0 Å². The molecule has 5 nitrogen and oxygen atoms in total. The molecule has 85 valence electrons. The Kier molecular flexibility index (Phi) is 19.7. The molecule has 0 aliphatic rings. The maximum atomic E-state index is 9.98. The zero-order valence-electron chi connectivity index (χ0n) is 8.47. The fourth-order valence-electron chi connectivity index (χ4n) is 0.417. The number of hydrogen-bond acceptors (Lipinski definition) is 4. The molecule has 7 heteroatoms. The SMILES string of the molecule is [CH2-]CC(=O)N[C-]=O.[CH2-]c1n[c-]ccn1.[W].[Y]. The van der Waals surface area contributed by atoms with Gasteiger partial charge in [0.2, 0.25) is 0 Å². The summed E-state index contributed by atoms with van der Waals surface area (Å²) in [6, 6.07) is 1.63. The predicted molar refractivity (Wildman–Crippen MR) is 49.1 cm³/mol. The Morgan fingerprint density at radius 2 is 2.25 bits per heavy atom. The second-order valence-corrected chi connectivity index (χ2v) is 2.00. The minimum atomic E-state index is -0.407. The molecule has 16 heavy (non-hydrogen) atoms. The van der Waals surface area contributed by atoms with Gasteiger partial charge in [0.25, 0.3) is 0 Å². The molecule has 0 spiro atoms. The first kappa shape index (κ1) is 21.2. The predicted octanol–water partition coefficient (Wildman–Crippen LogP) is -0.152. The van der Waals surface area contributed by atoms with Crippen molar-refractivity contribution in [1.29, 1.82) is 0 Å². The zero-order valence-corrected chi connectivity index (χ0v) is 14.2. The molecule has 1 aromatic heterocycles. The number of nitrogens with zero attached hydrogens (tertiary/aromatic N) is 2. The first-order valence-corrected chi connectivity index (χ1v) is 3.67. The molecule has 0 unspecified atom stereocenters. The molecule has 0 aromatic carbocycles. The fraction of sp³-hybridized carbons (Fsp3) is 0.111. The third-order valence-corrected chi connectivity index (χ3v) is 0.984. The minimum absolute atomic E-state index is 0. The van der Waals surface area contributed by atoms with Crippen molar-refractivity contribution in [3.63, 3.8) is 0 Å². The number of aromatic nitrogens is 2. The van der Waals surface area contributed by atoms with Crippen molar-refractivity contribution in [3.05, 3.63) is 38.1 Å². The quantitative estimate of drug-likeness (QED) is 0.489. The molecule has 0 saturated heterocycles. The van der Waals surface area contributed by atoms with Crippen molar-refractivity contribution in [3.8, 4) is 0 Å². The number of imide groups is 1. The maximum Gasteiger partial charge on any atom is 0.0713 e. The average molecular weight is 464 g/mol. The van der Waals surface area contributed by atoms with E-state index in [4.69, 9.17) is 0 Å². The van der Waals surface area contributed by atoms with E-state index in [1.165, 1.54) is 6.41 Å². The first-order valence-electron chi connectivity index (χ1n) is 3.67. The second-order valence-electron chi connectivity index (χ2n) is 2.00. The molecule has 1 N–H and O–H groups in total.